The number of anilines is 1. The first-order valence-corrected chi connectivity index (χ1v) is 11.7. The fraction of sp³-hybridized carbons (Fsp3) is 0.304. The maximum atomic E-state index is 12.5. The van der Waals surface area contributed by atoms with Crippen molar-refractivity contribution in [1.29, 1.82) is 0 Å². The second kappa shape index (κ2) is 11.8. The molecule has 2 N–H and O–H groups in total. The summed E-state index contributed by atoms with van der Waals surface area (Å²) in [7, 11) is 4.91. The van der Waals surface area contributed by atoms with Crippen LogP contribution >= 0.6 is 23.4 Å². The Morgan fingerprint density at radius 3 is 2.50 bits per heavy atom. The highest BCUT2D eigenvalue weighted by Crippen LogP contribution is 2.28. The van der Waals surface area contributed by atoms with E-state index in [1.807, 2.05) is 31.2 Å². The third-order valence-corrected chi connectivity index (χ3v) is 6.18. The van der Waals surface area contributed by atoms with E-state index in [0.717, 1.165) is 11.3 Å². The SMILES string of the molecule is COc1ccc(CC(=O)N[C@H](C)c2nnc(SCC(=O)Nc3cc(Cl)ccc3OC)n2C)cc1. The van der Waals surface area contributed by atoms with Gasteiger partial charge in [-0.05, 0) is 42.8 Å². The molecule has 0 saturated carbocycles. The van der Waals surface area contributed by atoms with Crippen LogP contribution in [0, 0.1) is 0 Å². The Balaban J connectivity index is 1.54. The molecule has 0 aliphatic carbocycles. The molecule has 0 unspecified atom stereocenters. The predicted molar refractivity (Wildman–Crippen MR) is 132 cm³/mol. The monoisotopic (exact) mass is 503 g/mol. The lowest BCUT2D eigenvalue weighted by molar-refractivity contribution is -0.121. The van der Waals surface area contributed by atoms with E-state index in [9.17, 15) is 9.59 Å². The number of amides is 2. The summed E-state index contributed by atoms with van der Waals surface area (Å²) in [6.07, 6.45) is 0.237. The Hall–Kier alpha value is -3.24. The van der Waals surface area contributed by atoms with Crippen LogP contribution in [0.1, 0.15) is 24.4 Å². The second-order valence-electron chi connectivity index (χ2n) is 7.40. The van der Waals surface area contributed by atoms with Crippen LogP contribution in [0.2, 0.25) is 5.02 Å². The molecule has 180 valence electrons. The van der Waals surface area contributed by atoms with E-state index in [1.165, 1.54) is 18.9 Å². The molecule has 3 rings (SSSR count). The molecule has 3 aromatic rings. The number of carbonyl (C=O) groups excluding carboxylic acids is 2. The van der Waals surface area contributed by atoms with Crippen molar-refractivity contribution < 1.29 is 19.1 Å². The fourth-order valence-electron chi connectivity index (χ4n) is 3.21. The first-order chi connectivity index (χ1) is 16.3. The topological polar surface area (TPSA) is 107 Å². The van der Waals surface area contributed by atoms with E-state index >= 15 is 0 Å². The molecule has 0 fully saturated rings. The minimum Gasteiger partial charge on any atom is -0.497 e. The molecule has 0 aliphatic heterocycles. The molecular weight excluding hydrogens is 478 g/mol. The Morgan fingerprint density at radius 2 is 1.82 bits per heavy atom. The molecule has 11 heteroatoms. The minimum absolute atomic E-state index is 0.111. The summed E-state index contributed by atoms with van der Waals surface area (Å²) < 4.78 is 12.1. The number of ether oxygens (including phenoxy) is 2. The summed E-state index contributed by atoms with van der Waals surface area (Å²) >= 11 is 7.24. The molecule has 0 spiro atoms. The van der Waals surface area contributed by atoms with Crippen molar-refractivity contribution in [2.24, 2.45) is 7.05 Å². The largest absolute Gasteiger partial charge is 0.497 e. The van der Waals surface area contributed by atoms with Crippen molar-refractivity contribution >= 4 is 40.9 Å². The van der Waals surface area contributed by atoms with Crippen LogP contribution in [-0.4, -0.2) is 46.6 Å². The number of carbonyl (C=O) groups is 2. The molecule has 1 heterocycles. The van der Waals surface area contributed by atoms with Gasteiger partial charge < -0.3 is 24.7 Å². The zero-order valence-corrected chi connectivity index (χ0v) is 20.9. The summed E-state index contributed by atoms with van der Waals surface area (Å²) in [5, 5.41) is 15.1. The molecule has 9 nitrogen and oxygen atoms in total. The molecular formula is C23H26ClN5O4S. The van der Waals surface area contributed by atoms with E-state index in [2.05, 4.69) is 20.8 Å². The van der Waals surface area contributed by atoms with Gasteiger partial charge in [-0.25, -0.2) is 0 Å². The highest BCUT2D eigenvalue weighted by Gasteiger charge is 2.19. The van der Waals surface area contributed by atoms with Gasteiger partial charge in [0.2, 0.25) is 11.8 Å². The van der Waals surface area contributed by atoms with Gasteiger partial charge in [-0.2, -0.15) is 0 Å². The van der Waals surface area contributed by atoms with Gasteiger partial charge >= 0.3 is 0 Å². The number of hydrogen-bond acceptors (Lipinski definition) is 7. The molecule has 1 atom stereocenters. The molecule has 2 amide bonds. The fourth-order valence-corrected chi connectivity index (χ4v) is 4.10. The normalized spacial score (nSPS) is 11.6. The first-order valence-electron chi connectivity index (χ1n) is 10.4. The Kier molecular flexibility index (Phi) is 8.78. The van der Waals surface area contributed by atoms with Gasteiger partial charge in [0, 0.05) is 12.1 Å². The lowest BCUT2D eigenvalue weighted by Crippen LogP contribution is -2.29. The van der Waals surface area contributed by atoms with Crippen LogP contribution in [0.25, 0.3) is 0 Å². The van der Waals surface area contributed by atoms with Crippen molar-refractivity contribution in [1.82, 2.24) is 20.1 Å². The van der Waals surface area contributed by atoms with E-state index in [0.29, 0.717) is 27.4 Å². The number of aromatic nitrogens is 3. The number of halogens is 1. The van der Waals surface area contributed by atoms with Gasteiger partial charge in [0.1, 0.15) is 11.5 Å². The molecule has 0 saturated heterocycles. The minimum atomic E-state index is -0.359. The average Bonchev–Trinajstić information content (AvgIpc) is 3.18. The zero-order valence-electron chi connectivity index (χ0n) is 19.3. The molecule has 34 heavy (non-hydrogen) atoms. The van der Waals surface area contributed by atoms with Gasteiger partial charge in [-0.3, -0.25) is 9.59 Å². The van der Waals surface area contributed by atoms with Gasteiger partial charge in [0.15, 0.2) is 11.0 Å². The number of methoxy groups -OCH3 is 2. The Labute approximate surface area is 207 Å². The zero-order chi connectivity index (χ0) is 24.7. The van der Waals surface area contributed by atoms with Gasteiger partial charge in [0.05, 0.1) is 38.1 Å². The smallest absolute Gasteiger partial charge is 0.234 e. The average molecular weight is 504 g/mol. The summed E-state index contributed by atoms with van der Waals surface area (Å²) in [4.78, 5) is 24.9. The van der Waals surface area contributed by atoms with E-state index in [1.54, 1.807) is 36.9 Å². The second-order valence-corrected chi connectivity index (χ2v) is 8.77. The molecule has 0 radical (unpaired) electrons. The summed E-state index contributed by atoms with van der Waals surface area (Å²) in [5.74, 6) is 1.58. The third-order valence-electron chi connectivity index (χ3n) is 4.93. The van der Waals surface area contributed by atoms with Crippen molar-refractivity contribution in [2.45, 2.75) is 24.5 Å². The molecule has 1 aromatic heterocycles. The van der Waals surface area contributed by atoms with Crippen LogP contribution in [0.4, 0.5) is 5.69 Å². The molecule has 2 aromatic carbocycles. The summed E-state index contributed by atoms with van der Waals surface area (Å²) in [6, 6.07) is 12.0. The van der Waals surface area contributed by atoms with Crippen molar-refractivity contribution in [3.05, 3.63) is 58.9 Å². The van der Waals surface area contributed by atoms with Gasteiger partial charge in [-0.1, -0.05) is 35.5 Å². The number of nitrogens with one attached hydrogen (secondary N) is 2. The van der Waals surface area contributed by atoms with E-state index in [-0.39, 0.29) is 30.0 Å². The maximum Gasteiger partial charge on any atom is 0.234 e. The predicted octanol–water partition coefficient (Wildman–Crippen LogP) is 3.64. The third kappa shape index (κ3) is 6.64. The van der Waals surface area contributed by atoms with Crippen LogP contribution in [-0.2, 0) is 23.1 Å². The van der Waals surface area contributed by atoms with Crippen molar-refractivity contribution in [3.63, 3.8) is 0 Å². The standard InChI is InChI=1S/C23H26ClN5O4S/c1-14(25-20(30)11-15-5-8-17(32-3)9-6-15)22-27-28-23(29(22)2)34-13-21(31)26-18-12-16(24)7-10-19(18)33-4/h5-10,12,14H,11,13H2,1-4H3,(H,25,30)(H,26,31)/t14-/m1/s1. The number of nitrogens with zero attached hydrogens (tertiary/aromatic N) is 3. The van der Waals surface area contributed by atoms with Crippen LogP contribution < -0.4 is 20.1 Å². The quantitative estimate of drug-likeness (QED) is 0.407. The molecule has 0 bridgehead atoms. The molecule has 0 aliphatic rings. The maximum absolute atomic E-state index is 12.5. The van der Waals surface area contributed by atoms with Crippen LogP contribution in [0.15, 0.2) is 47.6 Å². The van der Waals surface area contributed by atoms with E-state index in [4.69, 9.17) is 21.1 Å². The number of hydrogen-bond donors (Lipinski definition) is 2. The van der Waals surface area contributed by atoms with Crippen molar-refractivity contribution in [3.8, 4) is 11.5 Å². The van der Waals surface area contributed by atoms with Gasteiger partial charge in [-0.15, -0.1) is 10.2 Å². The summed E-state index contributed by atoms with van der Waals surface area (Å²) in [5.41, 5.74) is 1.37. The Morgan fingerprint density at radius 1 is 1.09 bits per heavy atom. The Bertz CT molecular complexity index is 1150. The number of benzene rings is 2. The van der Waals surface area contributed by atoms with Crippen LogP contribution in [0.5, 0.6) is 11.5 Å². The highest BCUT2D eigenvalue weighted by molar-refractivity contribution is 7.99. The van der Waals surface area contributed by atoms with Gasteiger partial charge in [0.25, 0.3) is 0 Å². The lowest BCUT2D eigenvalue weighted by Gasteiger charge is -2.14. The van der Waals surface area contributed by atoms with Crippen molar-refractivity contribution in [2.75, 3.05) is 25.3 Å². The van der Waals surface area contributed by atoms with Crippen LogP contribution in [0.3, 0.4) is 0 Å². The highest BCUT2D eigenvalue weighted by atomic mass is 35.5. The van der Waals surface area contributed by atoms with E-state index < -0.39 is 0 Å². The first kappa shape index (κ1) is 25.4. The number of rotatable bonds is 10. The lowest BCUT2D eigenvalue weighted by atomic mass is 10.1. The number of thioether (sulfide) groups is 1. The summed E-state index contributed by atoms with van der Waals surface area (Å²) in [6.45, 7) is 1.84.